The number of carbonyl (C=O) groups excluding carboxylic acids is 1. The number of sulfonamides is 1. The highest BCUT2D eigenvalue weighted by Crippen LogP contribution is 2.37. The number of rotatable bonds is 3. The lowest BCUT2D eigenvalue weighted by atomic mass is 10.1. The molecule has 0 unspecified atom stereocenters. The van der Waals surface area contributed by atoms with Crippen molar-refractivity contribution < 1.29 is 39.6 Å². The number of hydrogen-bond donors (Lipinski definition) is 0. The summed E-state index contributed by atoms with van der Waals surface area (Å²) >= 11 is 0. The Balaban J connectivity index is 1.84. The largest absolute Gasteiger partial charge is 0.416 e. The Morgan fingerprint density at radius 3 is 1.88 bits per heavy atom. The van der Waals surface area contributed by atoms with Crippen molar-refractivity contribution in [3.05, 3.63) is 57.5 Å². The quantitative estimate of drug-likeness (QED) is 0.604. The SMILES string of the molecule is Cn1nc(C(=O)N2CCN(S(=O)(=O)c3cc(C(F)(F)F)cc(C(F)(F)F)c3)CC2)ccc1=O. The fourth-order valence-electron chi connectivity index (χ4n) is 3.13. The molecule has 1 amide bonds. The monoisotopic (exact) mass is 498 g/mol. The van der Waals surface area contributed by atoms with Gasteiger partial charge in [0, 0.05) is 39.3 Å². The van der Waals surface area contributed by atoms with Crippen molar-refractivity contribution >= 4 is 15.9 Å². The van der Waals surface area contributed by atoms with Crippen molar-refractivity contribution in [3.63, 3.8) is 0 Å². The normalized spacial score (nSPS) is 16.2. The first-order valence-corrected chi connectivity index (χ1v) is 10.7. The number of nitrogens with zero attached hydrogens (tertiary/aromatic N) is 4. The van der Waals surface area contributed by atoms with Gasteiger partial charge in [0.05, 0.1) is 16.0 Å². The number of alkyl halides is 6. The summed E-state index contributed by atoms with van der Waals surface area (Å²) < 4.78 is 106. The highest BCUT2D eigenvalue weighted by molar-refractivity contribution is 7.89. The van der Waals surface area contributed by atoms with Gasteiger partial charge < -0.3 is 4.90 Å². The Hall–Kier alpha value is -2.94. The van der Waals surface area contributed by atoms with Crippen molar-refractivity contribution in [2.24, 2.45) is 7.05 Å². The molecule has 0 radical (unpaired) electrons. The molecule has 0 aliphatic carbocycles. The summed E-state index contributed by atoms with van der Waals surface area (Å²) in [5.41, 5.74) is -4.03. The summed E-state index contributed by atoms with van der Waals surface area (Å²) in [6, 6.07) is 2.45. The summed E-state index contributed by atoms with van der Waals surface area (Å²) in [5, 5.41) is 3.80. The van der Waals surface area contributed by atoms with Crippen LogP contribution in [0.15, 0.2) is 40.0 Å². The first kappa shape index (κ1) is 24.7. The van der Waals surface area contributed by atoms with Gasteiger partial charge in [0.25, 0.3) is 11.5 Å². The molecule has 0 bridgehead atoms. The third kappa shape index (κ3) is 5.19. The summed E-state index contributed by atoms with van der Waals surface area (Å²) in [7, 11) is -3.39. The van der Waals surface area contributed by atoms with Crippen molar-refractivity contribution in [1.82, 2.24) is 19.0 Å². The molecule has 1 saturated heterocycles. The van der Waals surface area contributed by atoms with Crippen LogP contribution in [0.1, 0.15) is 21.6 Å². The van der Waals surface area contributed by atoms with Crippen LogP contribution in [0.4, 0.5) is 26.3 Å². The summed E-state index contributed by atoms with van der Waals surface area (Å²) in [6.07, 6.45) is -10.4. The summed E-state index contributed by atoms with van der Waals surface area (Å²) in [5.74, 6) is -0.610. The van der Waals surface area contributed by atoms with Crippen LogP contribution in [0.2, 0.25) is 0 Å². The topological polar surface area (TPSA) is 92.6 Å². The fourth-order valence-corrected chi connectivity index (χ4v) is 4.63. The number of benzene rings is 1. The highest BCUT2D eigenvalue weighted by atomic mass is 32.2. The van der Waals surface area contributed by atoms with E-state index in [4.69, 9.17) is 0 Å². The fraction of sp³-hybridized carbons (Fsp3) is 0.389. The number of aryl methyl sites for hydroxylation is 1. The van der Waals surface area contributed by atoms with Crippen molar-refractivity contribution in [3.8, 4) is 0 Å². The molecule has 1 aliphatic heterocycles. The third-order valence-corrected chi connectivity index (χ3v) is 6.78. The Morgan fingerprint density at radius 1 is 0.909 bits per heavy atom. The van der Waals surface area contributed by atoms with Crippen LogP contribution in [0, 0.1) is 0 Å². The molecule has 33 heavy (non-hydrogen) atoms. The van der Waals surface area contributed by atoms with E-state index < -0.39 is 49.9 Å². The molecule has 2 heterocycles. The minimum Gasteiger partial charge on any atom is -0.335 e. The maximum Gasteiger partial charge on any atom is 0.416 e. The lowest BCUT2D eigenvalue weighted by Crippen LogP contribution is -2.50. The zero-order valence-electron chi connectivity index (χ0n) is 16.8. The zero-order chi connectivity index (χ0) is 24.8. The van der Waals surface area contributed by atoms with Gasteiger partial charge in [-0.25, -0.2) is 13.1 Å². The number of hydrogen-bond acceptors (Lipinski definition) is 5. The number of carbonyl (C=O) groups is 1. The molecule has 0 atom stereocenters. The number of piperazine rings is 1. The minimum absolute atomic E-state index is 0.0823. The van der Waals surface area contributed by atoms with Crippen LogP contribution < -0.4 is 5.56 Å². The van der Waals surface area contributed by atoms with Gasteiger partial charge in [-0.05, 0) is 24.3 Å². The number of halogens is 6. The third-order valence-electron chi connectivity index (χ3n) is 4.90. The van der Waals surface area contributed by atoms with Gasteiger partial charge >= 0.3 is 12.4 Å². The predicted octanol–water partition coefficient (Wildman–Crippen LogP) is 1.96. The van der Waals surface area contributed by atoms with Gasteiger partial charge in [-0.3, -0.25) is 9.59 Å². The molecule has 1 aromatic carbocycles. The van der Waals surface area contributed by atoms with Crippen LogP contribution in [0.5, 0.6) is 0 Å². The molecule has 15 heteroatoms. The van der Waals surface area contributed by atoms with Crippen LogP contribution >= 0.6 is 0 Å². The number of amides is 1. The molecule has 0 N–H and O–H groups in total. The second-order valence-electron chi connectivity index (χ2n) is 7.12. The standard InChI is InChI=1S/C18H16F6N4O4S/c1-26-15(29)3-2-14(25-26)16(30)27-4-6-28(7-5-27)33(31,32)13-9-11(17(19,20)21)8-12(10-13)18(22,23)24/h2-3,8-10H,4-7H2,1H3. The van der Waals surface area contributed by atoms with E-state index >= 15 is 0 Å². The van der Waals surface area contributed by atoms with Gasteiger partial charge in [0.1, 0.15) is 5.69 Å². The molecule has 3 rings (SSSR count). The van der Waals surface area contributed by atoms with E-state index in [0.29, 0.717) is 4.31 Å². The molecule has 2 aromatic rings. The molecule has 0 saturated carbocycles. The van der Waals surface area contributed by atoms with Gasteiger partial charge in [-0.1, -0.05) is 0 Å². The maximum atomic E-state index is 13.1. The van der Waals surface area contributed by atoms with Gasteiger partial charge in [0.15, 0.2) is 0 Å². The summed E-state index contributed by atoms with van der Waals surface area (Å²) in [4.78, 5) is 24.0. The molecule has 1 fully saturated rings. The molecule has 1 aromatic heterocycles. The van der Waals surface area contributed by atoms with E-state index in [1.807, 2.05) is 0 Å². The predicted molar refractivity (Wildman–Crippen MR) is 101 cm³/mol. The molecule has 0 spiro atoms. The number of aromatic nitrogens is 2. The zero-order valence-corrected chi connectivity index (χ0v) is 17.6. The van der Waals surface area contributed by atoms with E-state index in [-0.39, 0.29) is 50.1 Å². The Labute approximate surface area is 183 Å². The molecule has 180 valence electrons. The van der Waals surface area contributed by atoms with E-state index in [1.165, 1.54) is 18.0 Å². The van der Waals surface area contributed by atoms with Crippen molar-refractivity contribution in [1.29, 1.82) is 0 Å². The first-order valence-electron chi connectivity index (χ1n) is 9.24. The lowest BCUT2D eigenvalue weighted by molar-refractivity contribution is -0.143. The van der Waals surface area contributed by atoms with E-state index in [1.54, 1.807) is 0 Å². The van der Waals surface area contributed by atoms with Crippen LogP contribution in [-0.2, 0) is 29.4 Å². The van der Waals surface area contributed by atoms with Gasteiger partial charge in [-0.15, -0.1) is 0 Å². The van der Waals surface area contributed by atoms with Gasteiger partial charge in [-0.2, -0.15) is 35.7 Å². The average Bonchev–Trinajstić information content (AvgIpc) is 2.73. The van der Waals surface area contributed by atoms with Crippen LogP contribution in [0.3, 0.4) is 0 Å². The molecular weight excluding hydrogens is 482 g/mol. The van der Waals surface area contributed by atoms with Gasteiger partial charge in [0.2, 0.25) is 10.0 Å². The molecular formula is C18H16F6N4O4S. The van der Waals surface area contributed by atoms with E-state index in [2.05, 4.69) is 5.10 Å². The minimum atomic E-state index is -5.20. The summed E-state index contributed by atoms with van der Waals surface area (Å²) in [6.45, 7) is -1.10. The average molecular weight is 498 g/mol. The second-order valence-corrected chi connectivity index (χ2v) is 9.06. The Bertz CT molecular complexity index is 1200. The Morgan fingerprint density at radius 2 is 1.42 bits per heavy atom. The smallest absolute Gasteiger partial charge is 0.335 e. The lowest BCUT2D eigenvalue weighted by Gasteiger charge is -2.34. The van der Waals surface area contributed by atoms with Crippen LogP contribution in [0.25, 0.3) is 0 Å². The molecule has 8 nitrogen and oxygen atoms in total. The first-order chi connectivity index (χ1) is 15.1. The second kappa shape index (κ2) is 8.44. The van der Waals surface area contributed by atoms with Crippen molar-refractivity contribution in [2.75, 3.05) is 26.2 Å². The molecule has 1 aliphatic rings. The highest BCUT2D eigenvalue weighted by Gasteiger charge is 2.39. The maximum absolute atomic E-state index is 13.1. The van der Waals surface area contributed by atoms with E-state index in [9.17, 15) is 44.3 Å². The van der Waals surface area contributed by atoms with Crippen molar-refractivity contribution in [2.45, 2.75) is 17.2 Å². The van der Waals surface area contributed by atoms with Crippen LogP contribution in [-0.4, -0.2) is 59.5 Å². The van der Waals surface area contributed by atoms with E-state index in [0.717, 1.165) is 10.7 Å². The Kier molecular flexibility index (Phi) is 6.32.